The maximum Gasteiger partial charge on any atom is 0.248 e. The van der Waals surface area contributed by atoms with Gasteiger partial charge in [-0.25, -0.2) is 0 Å². The third kappa shape index (κ3) is 2.25. The van der Waals surface area contributed by atoms with Crippen LogP contribution in [0.2, 0.25) is 0 Å². The van der Waals surface area contributed by atoms with Crippen LogP contribution < -0.4 is 5.32 Å². The predicted molar refractivity (Wildman–Crippen MR) is 70.0 cm³/mol. The summed E-state index contributed by atoms with van der Waals surface area (Å²) in [4.78, 5) is 26.2. The van der Waals surface area contributed by atoms with Crippen molar-refractivity contribution in [3.63, 3.8) is 0 Å². The highest BCUT2D eigenvalue weighted by atomic mass is 16.2. The normalized spacial score (nSPS) is 31.1. The van der Waals surface area contributed by atoms with Crippen molar-refractivity contribution in [2.45, 2.75) is 65.0 Å². The molecular formula is C14H24N2O2. The Morgan fingerprint density at radius 1 is 1.22 bits per heavy atom. The van der Waals surface area contributed by atoms with Crippen molar-refractivity contribution < 1.29 is 9.59 Å². The van der Waals surface area contributed by atoms with Crippen molar-refractivity contribution in [1.82, 2.24) is 10.2 Å². The molecule has 2 amide bonds. The Kier molecular flexibility index (Phi) is 3.16. The molecule has 102 valence electrons. The minimum Gasteiger partial charge on any atom is -0.342 e. The summed E-state index contributed by atoms with van der Waals surface area (Å²) in [5.41, 5.74) is -0.606. The van der Waals surface area contributed by atoms with Crippen LogP contribution in [0.1, 0.15) is 53.4 Å². The third-order valence-electron chi connectivity index (χ3n) is 4.40. The lowest BCUT2D eigenvalue weighted by Crippen LogP contribution is -2.56. The SMILES string of the molecule is CC1(C)NC(=O)CCN(C2CCCC2(C)C)C1=O. The lowest BCUT2D eigenvalue weighted by atomic mass is 9.85. The number of nitrogens with one attached hydrogen (secondary N) is 1. The fraction of sp³-hybridized carbons (Fsp3) is 0.857. The van der Waals surface area contributed by atoms with E-state index in [-0.39, 0.29) is 23.3 Å². The topological polar surface area (TPSA) is 49.4 Å². The van der Waals surface area contributed by atoms with Gasteiger partial charge in [0.15, 0.2) is 0 Å². The summed E-state index contributed by atoms with van der Waals surface area (Å²) in [6, 6.07) is 0.275. The molecule has 1 saturated heterocycles. The van der Waals surface area contributed by atoms with Crippen molar-refractivity contribution >= 4 is 11.8 Å². The van der Waals surface area contributed by atoms with Gasteiger partial charge in [-0.1, -0.05) is 20.3 Å². The first-order valence-corrected chi connectivity index (χ1v) is 6.86. The molecule has 1 unspecified atom stereocenters. The molecule has 1 heterocycles. The fourth-order valence-corrected chi connectivity index (χ4v) is 3.33. The van der Waals surface area contributed by atoms with Crippen molar-refractivity contribution in [1.29, 1.82) is 0 Å². The molecule has 0 spiro atoms. The largest absolute Gasteiger partial charge is 0.342 e. The minimum absolute atomic E-state index is 0.0216. The Hall–Kier alpha value is -1.06. The lowest BCUT2D eigenvalue weighted by Gasteiger charge is -2.39. The van der Waals surface area contributed by atoms with Crippen molar-refractivity contribution in [2.75, 3.05) is 6.54 Å². The molecule has 2 rings (SSSR count). The van der Waals surface area contributed by atoms with Gasteiger partial charge in [-0.15, -0.1) is 0 Å². The molecule has 1 aliphatic carbocycles. The summed E-state index contributed by atoms with van der Waals surface area (Å²) in [6.45, 7) is 8.61. The first kappa shape index (κ1) is 13.4. The van der Waals surface area contributed by atoms with E-state index in [0.717, 1.165) is 12.8 Å². The van der Waals surface area contributed by atoms with Gasteiger partial charge in [0.25, 0.3) is 0 Å². The van der Waals surface area contributed by atoms with E-state index < -0.39 is 5.54 Å². The standard InChI is InChI=1S/C14H24N2O2/c1-13(2)8-5-6-10(13)16-9-7-11(17)15-14(3,4)12(16)18/h10H,5-9H2,1-4H3,(H,15,17). The molecule has 1 saturated carbocycles. The van der Waals surface area contributed by atoms with Gasteiger partial charge in [0, 0.05) is 19.0 Å². The quantitative estimate of drug-likeness (QED) is 0.772. The highest BCUT2D eigenvalue weighted by Gasteiger charge is 2.45. The van der Waals surface area contributed by atoms with E-state index in [1.54, 1.807) is 13.8 Å². The van der Waals surface area contributed by atoms with Gasteiger partial charge < -0.3 is 10.2 Å². The fourth-order valence-electron chi connectivity index (χ4n) is 3.33. The van der Waals surface area contributed by atoms with Gasteiger partial charge in [-0.3, -0.25) is 9.59 Å². The highest BCUT2D eigenvalue weighted by molar-refractivity contribution is 5.93. The van der Waals surface area contributed by atoms with Gasteiger partial charge in [0.2, 0.25) is 11.8 Å². The second-order valence-corrected chi connectivity index (χ2v) is 6.82. The summed E-state index contributed by atoms with van der Waals surface area (Å²) in [6.07, 6.45) is 3.80. The molecule has 2 aliphatic rings. The molecule has 0 bridgehead atoms. The highest BCUT2D eigenvalue weighted by Crippen LogP contribution is 2.41. The lowest BCUT2D eigenvalue weighted by molar-refractivity contribution is -0.141. The Labute approximate surface area is 109 Å². The molecule has 4 nitrogen and oxygen atoms in total. The summed E-state index contributed by atoms with van der Waals surface area (Å²) < 4.78 is 0. The molecule has 1 atom stereocenters. The number of hydrogen-bond donors (Lipinski definition) is 1. The van der Waals surface area contributed by atoms with E-state index in [4.69, 9.17) is 0 Å². The first-order valence-electron chi connectivity index (χ1n) is 6.86. The van der Waals surface area contributed by atoms with Crippen LogP contribution in [-0.2, 0) is 9.59 Å². The van der Waals surface area contributed by atoms with Crippen LogP contribution in [0.3, 0.4) is 0 Å². The van der Waals surface area contributed by atoms with Gasteiger partial charge in [-0.05, 0) is 32.1 Å². The summed E-state index contributed by atoms with van der Waals surface area (Å²) in [7, 11) is 0. The Balaban J connectivity index is 2.26. The van der Waals surface area contributed by atoms with Crippen molar-refractivity contribution in [3.8, 4) is 0 Å². The van der Waals surface area contributed by atoms with E-state index >= 15 is 0 Å². The van der Waals surface area contributed by atoms with E-state index in [1.165, 1.54) is 6.42 Å². The monoisotopic (exact) mass is 252 g/mol. The molecular weight excluding hydrogens is 228 g/mol. The summed E-state index contributed by atoms with van der Waals surface area (Å²) >= 11 is 0. The van der Waals surface area contributed by atoms with Gasteiger partial charge in [0.1, 0.15) is 5.54 Å². The van der Waals surface area contributed by atoms with Crippen LogP contribution in [0.15, 0.2) is 0 Å². The number of hydrogen-bond acceptors (Lipinski definition) is 2. The van der Waals surface area contributed by atoms with E-state index in [0.29, 0.717) is 13.0 Å². The van der Waals surface area contributed by atoms with E-state index in [2.05, 4.69) is 19.2 Å². The van der Waals surface area contributed by atoms with Crippen LogP contribution in [-0.4, -0.2) is 34.8 Å². The third-order valence-corrected chi connectivity index (χ3v) is 4.40. The molecule has 1 N–H and O–H groups in total. The number of rotatable bonds is 1. The van der Waals surface area contributed by atoms with Crippen LogP contribution in [0, 0.1) is 5.41 Å². The van der Waals surface area contributed by atoms with Crippen molar-refractivity contribution in [2.24, 2.45) is 5.41 Å². The average molecular weight is 252 g/mol. The van der Waals surface area contributed by atoms with Crippen molar-refractivity contribution in [3.05, 3.63) is 0 Å². The second kappa shape index (κ2) is 4.25. The number of carbonyl (C=O) groups excluding carboxylic acids is 2. The van der Waals surface area contributed by atoms with Crippen LogP contribution in [0.25, 0.3) is 0 Å². The smallest absolute Gasteiger partial charge is 0.248 e. The minimum atomic E-state index is -0.772. The van der Waals surface area contributed by atoms with E-state index in [9.17, 15) is 9.59 Å². The van der Waals surface area contributed by atoms with Crippen LogP contribution in [0.5, 0.6) is 0 Å². The first-order chi connectivity index (χ1) is 8.24. The Bertz CT molecular complexity index is 374. The molecule has 2 fully saturated rings. The summed E-state index contributed by atoms with van der Waals surface area (Å²) in [5, 5.41) is 2.82. The number of carbonyl (C=O) groups is 2. The summed E-state index contributed by atoms with van der Waals surface area (Å²) in [5.74, 6) is 0.0416. The van der Waals surface area contributed by atoms with Gasteiger partial charge in [-0.2, -0.15) is 0 Å². The average Bonchev–Trinajstić information content (AvgIpc) is 2.53. The number of nitrogens with zero attached hydrogens (tertiary/aromatic N) is 1. The molecule has 0 radical (unpaired) electrons. The molecule has 18 heavy (non-hydrogen) atoms. The zero-order valence-electron chi connectivity index (χ0n) is 11.9. The maximum atomic E-state index is 12.6. The van der Waals surface area contributed by atoms with E-state index in [1.807, 2.05) is 4.90 Å². The molecule has 1 aliphatic heterocycles. The molecule has 0 aromatic heterocycles. The predicted octanol–water partition coefficient (Wildman–Crippen LogP) is 1.69. The zero-order chi connectivity index (χ0) is 13.6. The Morgan fingerprint density at radius 2 is 1.89 bits per heavy atom. The van der Waals surface area contributed by atoms with Crippen LogP contribution >= 0.6 is 0 Å². The molecule has 0 aromatic carbocycles. The molecule has 0 aromatic rings. The molecule has 4 heteroatoms. The zero-order valence-corrected chi connectivity index (χ0v) is 11.9. The number of amides is 2. The maximum absolute atomic E-state index is 12.6. The second-order valence-electron chi connectivity index (χ2n) is 6.82. The van der Waals surface area contributed by atoms with Gasteiger partial charge >= 0.3 is 0 Å². The van der Waals surface area contributed by atoms with Crippen LogP contribution in [0.4, 0.5) is 0 Å². The Morgan fingerprint density at radius 3 is 2.44 bits per heavy atom. The van der Waals surface area contributed by atoms with Gasteiger partial charge in [0.05, 0.1) is 0 Å².